The summed E-state index contributed by atoms with van der Waals surface area (Å²) in [5.74, 6) is 0.0955. The van der Waals surface area contributed by atoms with Crippen molar-refractivity contribution in [2.24, 2.45) is 5.92 Å². The number of rotatable bonds is 6. The minimum atomic E-state index is -0.282. The first kappa shape index (κ1) is 13.6. The molecule has 1 rings (SSSR count). The number of halogens is 1. The van der Waals surface area contributed by atoms with Gasteiger partial charge in [-0.2, -0.15) is 5.26 Å². The molecule has 0 spiro atoms. The molecule has 1 aromatic rings. The second kappa shape index (κ2) is 7.00. The molecule has 0 amide bonds. The molecule has 1 atom stereocenters. The molecule has 0 aliphatic heterocycles. The molecule has 0 bridgehead atoms. The third kappa shape index (κ3) is 4.51. The summed E-state index contributed by atoms with van der Waals surface area (Å²) in [6.07, 6.45) is 0. The summed E-state index contributed by atoms with van der Waals surface area (Å²) in [5.41, 5.74) is 1.00. The lowest BCUT2D eigenvalue weighted by Gasteiger charge is -2.11. The van der Waals surface area contributed by atoms with Crippen molar-refractivity contribution in [2.45, 2.75) is 13.5 Å². The Bertz CT molecular complexity index is 401. The largest absolute Gasteiger partial charge is 0.384 e. The van der Waals surface area contributed by atoms with Crippen molar-refractivity contribution in [1.82, 2.24) is 5.32 Å². The smallest absolute Gasteiger partial charge is 0.127 e. The van der Waals surface area contributed by atoms with E-state index in [-0.39, 0.29) is 5.82 Å². The molecule has 1 aromatic carbocycles. The van der Waals surface area contributed by atoms with E-state index < -0.39 is 0 Å². The van der Waals surface area contributed by atoms with Crippen LogP contribution >= 0.6 is 0 Å². The van der Waals surface area contributed by atoms with Crippen LogP contribution in [-0.4, -0.2) is 20.3 Å². The predicted octanol–water partition coefficient (Wildman–Crippen LogP) is 2.07. The van der Waals surface area contributed by atoms with Gasteiger partial charge < -0.3 is 10.1 Å². The molecule has 92 valence electrons. The van der Waals surface area contributed by atoms with E-state index in [2.05, 4.69) is 12.2 Å². The van der Waals surface area contributed by atoms with Gasteiger partial charge >= 0.3 is 0 Å². The van der Waals surface area contributed by atoms with Crippen LogP contribution in [0.3, 0.4) is 0 Å². The first-order chi connectivity index (χ1) is 8.17. The van der Waals surface area contributed by atoms with Crippen LogP contribution in [0.1, 0.15) is 18.1 Å². The number of nitriles is 1. The minimum Gasteiger partial charge on any atom is -0.384 e. The van der Waals surface area contributed by atoms with Gasteiger partial charge in [-0.15, -0.1) is 0 Å². The third-order valence-corrected chi connectivity index (χ3v) is 2.43. The van der Waals surface area contributed by atoms with Crippen molar-refractivity contribution in [3.05, 3.63) is 35.1 Å². The molecule has 0 fully saturated rings. The molecule has 0 aliphatic carbocycles. The number of benzene rings is 1. The lowest BCUT2D eigenvalue weighted by Crippen LogP contribution is -2.23. The molecular weight excluding hydrogens is 219 g/mol. The van der Waals surface area contributed by atoms with Crippen LogP contribution in [0, 0.1) is 23.1 Å². The Labute approximate surface area is 101 Å². The normalized spacial score (nSPS) is 12.1. The highest BCUT2D eigenvalue weighted by molar-refractivity contribution is 5.33. The summed E-state index contributed by atoms with van der Waals surface area (Å²) in [6.45, 7) is 3.91. The van der Waals surface area contributed by atoms with Crippen LogP contribution in [0.2, 0.25) is 0 Å². The average molecular weight is 236 g/mol. The maximum absolute atomic E-state index is 13.4. The predicted molar refractivity (Wildman–Crippen MR) is 63.9 cm³/mol. The Morgan fingerprint density at radius 3 is 2.94 bits per heavy atom. The minimum absolute atomic E-state index is 0.282. The lowest BCUT2D eigenvalue weighted by molar-refractivity contribution is 0.158. The maximum Gasteiger partial charge on any atom is 0.127 e. The van der Waals surface area contributed by atoms with Gasteiger partial charge in [0, 0.05) is 32.4 Å². The molecular formula is C13H17FN2O. The van der Waals surface area contributed by atoms with E-state index in [1.807, 2.05) is 6.07 Å². The van der Waals surface area contributed by atoms with Crippen molar-refractivity contribution in [3.63, 3.8) is 0 Å². The molecule has 0 aromatic heterocycles. The highest BCUT2D eigenvalue weighted by atomic mass is 19.1. The topological polar surface area (TPSA) is 45.0 Å². The van der Waals surface area contributed by atoms with Crippen molar-refractivity contribution in [2.75, 3.05) is 20.3 Å². The summed E-state index contributed by atoms with van der Waals surface area (Å²) in [4.78, 5) is 0. The SMILES string of the molecule is COCC(C)CNCc1cc(C#N)ccc1F. The van der Waals surface area contributed by atoms with Crippen LogP contribution in [0.25, 0.3) is 0 Å². The van der Waals surface area contributed by atoms with E-state index in [0.29, 0.717) is 30.2 Å². The van der Waals surface area contributed by atoms with Crippen molar-refractivity contribution in [3.8, 4) is 6.07 Å². The van der Waals surface area contributed by atoms with Gasteiger partial charge in [0.1, 0.15) is 5.82 Å². The van der Waals surface area contributed by atoms with Gasteiger partial charge in [-0.05, 0) is 24.1 Å². The standard InChI is InChI=1S/C13H17FN2O/c1-10(9-17-2)7-16-8-12-5-11(6-15)3-4-13(12)14/h3-5,10,16H,7-9H2,1-2H3. The summed E-state index contributed by atoms with van der Waals surface area (Å²) >= 11 is 0. The summed E-state index contributed by atoms with van der Waals surface area (Å²) in [7, 11) is 1.66. The molecule has 4 heteroatoms. The molecule has 1 N–H and O–H groups in total. The zero-order chi connectivity index (χ0) is 12.7. The van der Waals surface area contributed by atoms with E-state index in [4.69, 9.17) is 10.00 Å². The maximum atomic E-state index is 13.4. The van der Waals surface area contributed by atoms with E-state index in [1.54, 1.807) is 13.2 Å². The fraction of sp³-hybridized carbons (Fsp3) is 0.462. The Morgan fingerprint density at radius 1 is 1.53 bits per heavy atom. The number of nitrogens with zero attached hydrogens (tertiary/aromatic N) is 1. The average Bonchev–Trinajstić information content (AvgIpc) is 2.32. The van der Waals surface area contributed by atoms with Gasteiger partial charge in [-0.1, -0.05) is 6.92 Å². The number of methoxy groups -OCH3 is 1. The highest BCUT2D eigenvalue weighted by Crippen LogP contribution is 2.09. The van der Waals surface area contributed by atoms with Crippen LogP contribution in [0.15, 0.2) is 18.2 Å². The second-order valence-corrected chi connectivity index (χ2v) is 4.11. The van der Waals surface area contributed by atoms with E-state index >= 15 is 0 Å². The fourth-order valence-electron chi connectivity index (χ4n) is 1.58. The van der Waals surface area contributed by atoms with E-state index in [0.717, 1.165) is 6.54 Å². The molecule has 3 nitrogen and oxygen atoms in total. The van der Waals surface area contributed by atoms with E-state index in [1.165, 1.54) is 12.1 Å². The fourth-order valence-corrected chi connectivity index (χ4v) is 1.58. The van der Waals surface area contributed by atoms with Crippen molar-refractivity contribution in [1.29, 1.82) is 5.26 Å². The summed E-state index contributed by atoms with van der Waals surface area (Å²) in [5, 5.41) is 11.9. The summed E-state index contributed by atoms with van der Waals surface area (Å²) in [6, 6.07) is 6.38. The molecule has 17 heavy (non-hydrogen) atoms. The number of nitrogens with one attached hydrogen (secondary N) is 1. The second-order valence-electron chi connectivity index (χ2n) is 4.11. The van der Waals surface area contributed by atoms with Crippen LogP contribution < -0.4 is 5.32 Å². The number of hydrogen-bond donors (Lipinski definition) is 1. The molecule has 0 heterocycles. The molecule has 1 unspecified atom stereocenters. The van der Waals surface area contributed by atoms with Gasteiger partial charge in [0.15, 0.2) is 0 Å². The quantitative estimate of drug-likeness (QED) is 0.822. The van der Waals surface area contributed by atoms with Gasteiger partial charge in [0.05, 0.1) is 11.6 Å². The molecule has 0 radical (unpaired) electrons. The van der Waals surface area contributed by atoms with Crippen molar-refractivity contribution >= 4 is 0 Å². The van der Waals surface area contributed by atoms with Crippen molar-refractivity contribution < 1.29 is 9.13 Å². The highest BCUT2D eigenvalue weighted by Gasteiger charge is 2.05. The first-order valence-electron chi connectivity index (χ1n) is 5.55. The summed E-state index contributed by atoms with van der Waals surface area (Å²) < 4.78 is 18.4. The molecule has 0 aliphatic rings. The van der Waals surface area contributed by atoms with Gasteiger partial charge in [-0.3, -0.25) is 0 Å². The zero-order valence-corrected chi connectivity index (χ0v) is 10.2. The monoisotopic (exact) mass is 236 g/mol. The van der Waals surface area contributed by atoms with Crippen LogP contribution in [0.4, 0.5) is 4.39 Å². The Morgan fingerprint density at radius 2 is 2.29 bits per heavy atom. The Kier molecular flexibility index (Phi) is 5.61. The number of ether oxygens (including phenoxy) is 1. The van der Waals surface area contributed by atoms with Gasteiger partial charge in [0.25, 0.3) is 0 Å². The zero-order valence-electron chi connectivity index (χ0n) is 10.2. The number of hydrogen-bond acceptors (Lipinski definition) is 3. The van der Waals surface area contributed by atoms with Gasteiger partial charge in [-0.25, -0.2) is 4.39 Å². The van der Waals surface area contributed by atoms with Crippen LogP contribution in [0.5, 0.6) is 0 Å². The Hall–Kier alpha value is -1.44. The third-order valence-electron chi connectivity index (χ3n) is 2.43. The molecule has 0 saturated heterocycles. The van der Waals surface area contributed by atoms with Crippen LogP contribution in [-0.2, 0) is 11.3 Å². The van der Waals surface area contributed by atoms with Gasteiger partial charge in [0.2, 0.25) is 0 Å². The lowest BCUT2D eigenvalue weighted by atomic mass is 10.1. The molecule has 0 saturated carbocycles. The van der Waals surface area contributed by atoms with E-state index in [9.17, 15) is 4.39 Å². The first-order valence-corrected chi connectivity index (χ1v) is 5.55. The Balaban J connectivity index is 2.49.